The molecule has 0 aliphatic heterocycles. The van der Waals surface area contributed by atoms with Crippen molar-refractivity contribution in [3.8, 4) is 17.2 Å². The molecule has 164 valence electrons. The molecule has 29 heavy (non-hydrogen) atoms. The number of nitrogens with one attached hydrogen (secondary N) is 1. The van der Waals surface area contributed by atoms with Crippen molar-refractivity contribution < 1.29 is 28.9 Å². The van der Waals surface area contributed by atoms with Crippen LogP contribution in [0.15, 0.2) is 12.1 Å². The SMILES string of the molecule is CCCOc1cc(C(=O)N[C@H](CCSC)C(=O)O)cc(OCCC)c1OCCC. The van der Waals surface area contributed by atoms with E-state index in [0.29, 0.717) is 49.2 Å². The Morgan fingerprint density at radius 2 is 1.52 bits per heavy atom. The molecule has 1 atom stereocenters. The molecular weight excluding hydrogens is 394 g/mol. The molecule has 0 aliphatic rings. The number of benzene rings is 1. The Kier molecular flexibility index (Phi) is 12.0. The van der Waals surface area contributed by atoms with Crippen molar-refractivity contribution in [2.24, 2.45) is 0 Å². The Morgan fingerprint density at radius 3 is 1.97 bits per heavy atom. The quantitative estimate of drug-likeness (QED) is 0.437. The van der Waals surface area contributed by atoms with Gasteiger partial charge in [-0.25, -0.2) is 4.79 Å². The van der Waals surface area contributed by atoms with Gasteiger partial charge < -0.3 is 24.6 Å². The van der Waals surface area contributed by atoms with Gasteiger partial charge >= 0.3 is 5.97 Å². The highest BCUT2D eigenvalue weighted by Crippen LogP contribution is 2.39. The second kappa shape index (κ2) is 14.0. The number of carbonyl (C=O) groups is 2. The third-order valence-corrected chi connectivity index (χ3v) is 4.51. The van der Waals surface area contributed by atoms with Crippen LogP contribution in [0, 0.1) is 0 Å². The molecule has 0 spiro atoms. The van der Waals surface area contributed by atoms with Gasteiger partial charge in [-0.2, -0.15) is 11.8 Å². The van der Waals surface area contributed by atoms with E-state index in [0.717, 1.165) is 19.3 Å². The largest absolute Gasteiger partial charge is 0.490 e. The van der Waals surface area contributed by atoms with Crippen LogP contribution in [0.1, 0.15) is 56.8 Å². The van der Waals surface area contributed by atoms with E-state index in [1.807, 2.05) is 27.0 Å². The van der Waals surface area contributed by atoms with Crippen molar-refractivity contribution in [2.75, 3.05) is 31.8 Å². The minimum absolute atomic E-state index is 0.279. The summed E-state index contributed by atoms with van der Waals surface area (Å²) in [5.41, 5.74) is 0.279. The molecule has 8 heteroatoms. The van der Waals surface area contributed by atoms with Crippen LogP contribution < -0.4 is 19.5 Å². The van der Waals surface area contributed by atoms with Gasteiger partial charge in [0.25, 0.3) is 5.91 Å². The van der Waals surface area contributed by atoms with E-state index in [9.17, 15) is 14.7 Å². The number of hydrogen-bond acceptors (Lipinski definition) is 6. The third kappa shape index (κ3) is 8.43. The lowest BCUT2D eigenvalue weighted by molar-refractivity contribution is -0.139. The summed E-state index contributed by atoms with van der Waals surface area (Å²) in [6, 6.07) is 2.22. The van der Waals surface area contributed by atoms with E-state index in [-0.39, 0.29) is 5.56 Å². The van der Waals surface area contributed by atoms with E-state index in [2.05, 4.69) is 5.32 Å². The Morgan fingerprint density at radius 1 is 1.00 bits per heavy atom. The molecule has 0 aromatic heterocycles. The van der Waals surface area contributed by atoms with Crippen LogP contribution in [-0.4, -0.2) is 54.9 Å². The molecule has 0 heterocycles. The molecule has 0 aliphatic carbocycles. The van der Waals surface area contributed by atoms with Crippen LogP contribution in [0.3, 0.4) is 0 Å². The second-order valence-electron chi connectivity index (χ2n) is 6.49. The number of carbonyl (C=O) groups excluding carboxylic acids is 1. The maximum Gasteiger partial charge on any atom is 0.326 e. The third-order valence-electron chi connectivity index (χ3n) is 3.87. The fraction of sp³-hybridized carbons (Fsp3) is 0.619. The highest BCUT2D eigenvalue weighted by molar-refractivity contribution is 7.98. The van der Waals surface area contributed by atoms with Gasteiger partial charge in [0.05, 0.1) is 19.8 Å². The maximum absolute atomic E-state index is 12.8. The molecule has 0 saturated heterocycles. The van der Waals surface area contributed by atoms with E-state index >= 15 is 0 Å². The van der Waals surface area contributed by atoms with E-state index in [4.69, 9.17) is 14.2 Å². The molecule has 7 nitrogen and oxygen atoms in total. The monoisotopic (exact) mass is 427 g/mol. The first-order valence-corrected chi connectivity index (χ1v) is 11.5. The fourth-order valence-electron chi connectivity index (χ4n) is 2.43. The maximum atomic E-state index is 12.8. The summed E-state index contributed by atoms with van der Waals surface area (Å²) >= 11 is 1.53. The first kappa shape index (κ1) is 24.9. The normalized spacial score (nSPS) is 11.6. The van der Waals surface area contributed by atoms with Crippen molar-refractivity contribution in [3.63, 3.8) is 0 Å². The summed E-state index contributed by atoms with van der Waals surface area (Å²) in [5.74, 6) is 0.424. The van der Waals surface area contributed by atoms with Crippen LogP contribution in [-0.2, 0) is 4.79 Å². The van der Waals surface area contributed by atoms with Gasteiger partial charge in [0.1, 0.15) is 6.04 Å². The lowest BCUT2D eigenvalue weighted by Gasteiger charge is -2.19. The van der Waals surface area contributed by atoms with Crippen molar-refractivity contribution in [1.82, 2.24) is 5.32 Å². The van der Waals surface area contributed by atoms with E-state index < -0.39 is 17.9 Å². The predicted octanol–water partition coefficient (Wildman–Crippen LogP) is 3.99. The molecule has 2 N–H and O–H groups in total. The number of amides is 1. The summed E-state index contributed by atoms with van der Waals surface area (Å²) in [5, 5.41) is 12.0. The average molecular weight is 428 g/mol. The Hall–Kier alpha value is -2.09. The molecule has 0 radical (unpaired) electrons. The van der Waals surface area contributed by atoms with Gasteiger partial charge in [-0.3, -0.25) is 4.79 Å². The topological polar surface area (TPSA) is 94.1 Å². The van der Waals surface area contributed by atoms with Gasteiger partial charge in [0.15, 0.2) is 11.5 Å². The molecule has 1 aromatic carbocycles. The standard InChI is InChI=1S/C21H33NO6S/c1-5-9-26-17-13-15(20(23)22-16(21(24)25)8-12-29-4)14-18(27-10-6-2)19(17)28-11-7-3/h13-14,16H,5-12H2,1-4H3,(H,22,23)(H,24,25)/t16-/m1/s1. The molecule has 1 rings (SSSR count). The van der Waals surface area contributed by atoms with E-state index in [1.165, 1.54) is 11.8 Å². The number of ether oxygens (including phenoxy) is 3. The van der Waals surface area contributed by atoms with Crippen LogP contribution in [0.5, 0.6) is 17.2 Å². The number of rotatable bonds is 15. The van der Waals surface area contributed by atoms with Crippen molar-refractivity contribution in [1.29, 1.82) is 0 Å². The summed E-state index contributed by atoms with van der Waals surface area (Å²) in [4.78, 5) is 24.2. The van der Waals surface area contributed by atoms with Crippen LogP contribution >= 0.6 is 11.8 Å². The first-order chi connectivity index (χ1) is 14.0. The van der Waals surface area contributed by atoms with Crippen molar-refractivity contribution in [3.05, 3.63) is 17.7 Å². The summed E-state index contributed by atoms with van der Waals surface area (Å²) in [6.07, 6.45) is 4.65. The van der Waals surface area contributed by atoms with Gasteiger partial charge in [-0.05, 0) is 49.8 Å². The zero-order valence-corrected chi connectivity index (χ0v) is 18.6. The van der Waals surface area contributed by atoms with Crippen LogP contribution in [0.25, 0.3) is 0 Å². The number of hydrogen-bond donors (Lipinski definition) is 2. The van der Waals surface area contributed by atoms with Crippen LogP contribution in [0.4, 0.5) is 0 Å². The molecule has 1 amide bonds. The molecule has 1 aromatic rings. The van der Waals surface area contributed by atoms with Crippen LogP contribution in [0.2, 0.25) is 0 Å². The first-order valence-electron chi connectivity index (χ1n) is 10.1. The molecule has 0 fully saturated rings. The van der Waals surface area contributed by atoms with Gasteiger partial charge in [-0.1, -0.05) is 20.8 Å². The zero-order valence-electron chi connectivity index (χ0n) is 17.8. The zero-order chi connectivity index (χ0) is 21.6. The number of thioether (sulfide) groups is 1. The second-order valence-corrected chi connectivity index (χ2v) is 7.48. The lowest BCUT2D eigenvalue weighted by Crippen LogP contribution is -2.41. The Bertz CT molecular complexity index is 623. The van der Waals surface area contributed by atoms with Gasteiger partial charge in [0, 0.05) is 5.56 Å². The Labute approximate surface area is 177 Å². The predicted molar refractivity (Wildman–Crippen MR) is 116 cm³/mol. The summed E-state index contributed by atoms with van der Waals surface area (Å²) in [6.45, 7) is 7.40. The highest BCUT2D eigenvalue weighted by Gasteiger charge is 2.23. The molecule has 0 saturated carbocycles. The lowest BCUT2D eigenvalue weighted by atomic mass is 10.1. The molecular formula is C21H33NO6S. The molecule has 0 unspecified atom stereocenters. The minimum Gasteiger partial charge on any atom is -0.490 e. The Balaban J connectivity index is 3.22. The van der Waals surface area contributed by atoms with E-state index in [1.54, 1.807) is 12.1 Å². The van der Waals surface area contributed by atoms with Crippen molar-refractivity contribution >= 4 is 23.6 Å². The fourth-order valence-corrected chi connectivity index (χ4v) is 2.90. The van der Waals surface area contributed by atoms with Crippen molar-refractivity contribution in [2.45, 2.75) is 52.5 Å². The summed E-state index contributed by atoms with van der Waals surface area (Å²) < 4.78 is 17.5. The smallest absolute Gasteiger partial charge is 0.326 e. The number of carboxylic acid groups (broad SMARTS) is 1. The minimum atomic E-state index is -1.06. The average Bonchev–Trinajstić information content (AvgIpc) is 2.71. The van der Waals surface area contributed by atoms with Gasteiger partial charge in [0.2, 0.25) is 5.75 Å². The molecule has 0 bridgehead atoms. The number of carboxylic acids is 1. The highest BCUT2D eigenvalue weighted by atomic mass is 32.2. The number of aliphatic carboxylic acids is 1. The summed E-state index contributed by atoms with van der Waals surface area (Å²) in [7, 11) is 0. The van der Waals surface area contributed by atoms with Gasteiger partial charge in [-0.15, -0.1) is 0 Å².